The number of aliphatic hydroxyl groups excluding tert-OH is 2. The fraction of sp³-hybridized carbons (Fsp3) is 0.611. The van der Waals surface area contributed by atoms with Crippen LogP contribution in [0.25, 0.3) is 0 Å². The molecule has 1 fully saturated rings. The molecule has 1 aromatic carbocycles. The van der Waals surface area contributed by atoms with Gasteiger partial charge in [0.2, 0.25) is 0 Å². The first kappa shape index (κ1) is 19.9. The number of aryl methyl sites for hydroxylation is 1. The lowest BCUT2D eigenvalue weighted by atomic mass is 9.99. The van der Waals surface area contributed by atoms with Gasteiger partial charge in [0.15, 0.2) is 0 Å². The van der Waals surface area contributed by atoms with E-state index in [9.17, 15) is 19.2 Å². The van der Waals surface area contributed by atoms with Crippen molar-refractivity contribution in [3.05, 3.63) is 29.8 Å². The fourth-order valence-corrected chi connectivity index (χ4v) is 4.29. The number of ether oxygens (including phenoxy) is 1. The number of nitrogens with zero attached hydrogens (tertiary/aromatic N) is 1. The van der Waals surface area contributed by atoms with Gasteiger partial charge in [0.25, 0.3) is 0 Å². The minimum Gasteiger partial charge on any atom is -0.444 e. The molecule has 0 spiro atoms. The molecule has 6 nitrogen and oxygen atoms in total. The van der Waals surface area contributed by atoms with Gasteiger partial charge >= 0.3 is 6.09 Å². The maximum atomic E-state index is 12.9. The molecular weight excluding hydrogens is 342 g/mol. The highest BCUT2D eigenvalue weighted by atomic mass is 32.2. The van der Waals surface area contributed by atoms with E-state index in [-0.39, 0.29) is 19.6 Å². The Morgan fingerprint density at radius 1 is 1.32 bits per heavy atom. The normalized spacial score (nSPS) is 25.5. The molecule has 0 radical (unpaired) electrons. The molecule has 2 N–H and O–H groups in total. The van der Waals surface area contributed by atoms with Crippen LogP contribution in [-0.4, -0.2) is 61.6 Å². The van der Waals surface area contributed by atoms with E-state index >= 15 is 0 Å². The smallest absolute Gasteiger partial charge is 0.410 e. The predicted octanol–water partition coefficient (Wildman–Crippen LogP) is 1.83. The molecule has 0 aliphatic carbocycles. The van der Waals surface area contributed by atoms with Gasteiger partial charge in [-0.15, -0.1) is 0 Å². The van der Waals surface area contributed by atoms with Crippen LogP contribution in [0.4, 0.5) is 4.79 Å². The fourth-order valence-electron chi connectivity index (χ4n) is 2.83. The molecule has 1 aliphatic heterocycles. The van der Waals surface area contributed by atoms with Crippen LogP contribution in [0.1, 0.15) is 32.8 Å². The summed E-state index contributed by atoms with van der Waals surface area (Å²) >= 11 is 0. The maximum Gasteiger partial charge on any atom is 0.410 e. The van der Waals surface area contributed by atoms with Crippen molar-refractivity contribution in [2.45, 2.75) is 62.0 Å². The lowest BCUT2D eigenvalue weighted by Gasteiger charge is -2.41. The SMILES string of the molecule is Cc1ccc([S@](=O)[C@H]2C[C@@H](O)[C@H](CO)N(C(=O)OC(C)(C)C)C2)cc1. The summed E-state index contributed by atoms with van der Waals surface area (Å²) in [6.45, 7) is 7.00. The number of hydrogen-bond acceptors (Lipinski definition) is 5. The molecule has 1 aliphatic rings. The maximum absolute atomic E-state index is 12.9. The minimum absolute atomic E-state index is 0.164. The first-order chi connectivity index (χ1) is 11.6. The molecule has 1 saturated heterocycles. The van der Waals surface area contributed by atoms with Crippen LogP contribution in [-0.2, 0) is 15.5 Å². The zero-order valence-electron chi connectivity index (χ0n) is 15.1. The van der Waals surface area contributed by atoms with E-state index in [1.54, 1.807) is 32.9 Å². The zero-order chi connectivity index (χ0) is 18.8. The molecule has 140 valence electrons. The van der Waals surface area contributed by atoms with E-state index in [0.29, 0.717) is 4.90 Å². The Morgan fingerprint density at radius 3 is 2.44 bits per heavy atom. The number of rotatable bonds is 3. The van der Waals surface area contributed by atoms with Crippen molar-refractivity contribution in [3.63, 3.8) is 0 Å². The third kappa shape index (κ3) is 5.03. The molecule has 7 heteroatoms. The van der Waals surface area contributed by atoms with Crippen LogP contribution >= 0.6 is 0 Å². The summed E-state index contributed by atoms with van der Waals surface area (Å²) in [5, 5.41) is 19.5. The Kier molecular flexibility index (Phi) is 6.24. The second-order valence-corrected chi connectivity index (χ2v) is 9.15. The summed E-state index contributed by atoms with van der Waals surface area (Å²) in [7, 11) is -1.37. The molecule has 0 unspecified atom stereocenters. The van der Waals surface area contributed by atoms with Crippen LogP contribution < -0.4 is 0 Å². The summed E-state index contributed by atoms with van der Waals surface area (Å²) < 4.78 is 18.2. The van der Waals surface area contributed by atoms with Crippen molar-refractivity contribution in [3.8, 4) is 0 Å². The van der Waals surface area contributed by atoms with E-state index in [2.05, 4.69) is 0 Å². The monoisotopic (exact) mass is 369 g/mol. The molecule has 1 amide bonds. The Balaban J connectivity index is 2.20. The van der Waals surface area contributed by atoms with Gasteiger partial charge < -0.3 is 14.9 Å². The average molecular weight is 369 g/mol. The van der Waals surface area contributed by atoms with E-state index in [0.717, 1.165) is 5.56 Å². The number of piperidine rings is 1. The number of benzene rings is 1. The highest BCUT2D eigenvalue weighted by molar-refractivity contribution is 7.85. The van der Waals surface area contributed by atoms with E-state index in [4.69, 9.17) is 4.74 Å². The Labute approximate surface area is 151 Å². The average Bonchev–Trinajstić information content (AvgIpc) is 2.52. The van der Waals surface area contributed by atoms with E-state index in [1.807, 2.05) is 19.1 Å². The molecule has 2 rings (SSSR count). The van der Waals surface area contributed by atoms with Crippen LogP contribution in [0.15, 0.2) is 29.2 Å². The highest BCUT2D eigenvalue weighted by Gasteiger charge is 2.41. The summed E-state index contributed by atoms with van der Waals surface area (Å²) in [5.41, 5.74) is 0.380. The van der Waals surface area contributed by atoms with Crippen molar-refractivity contribution in [2.24, 2.45) is 0 Å². The standard InChI is InChI=1S/C18H27NO5S/c1-12-5-7-13(8-6-12)25(23)14-9-16(21)15(11-20)19(10-14)17(22)24-18(2,3)4/h5-8,14-16,20-21H,9-11H2,1-4H3/t14-,15-,16+,25-/m0/s1. The second-order valence-electron chi connectivity index (χ2n) is 7.42. The van der Waals surface area contributed by atoms with Gasteiger partial charge in [-0.1, -0.05) is 17.7 Å². The molecule has 25 heavy (non-hydrogen) atoms. The number of carbonyl (C=O) groups is 1. The van der Waals surface area contributed by atoms with Gasteiger partial charge in [0, 0.05) is 11.4 Å². The van der Waals surface area contributed by atoms with Crippen molar-refractivity contribution in [1.82, 2.24) is 4.90 Å². The summed E-state index contributed by atoms with van der Waals surface area (Å²) in [5.74, 6) is 0. The van der Waals surface area contributed by atoms with E-state index in [1.165, 1.54) is 4.90 Å². The van der Waals surface area contributed by atoms with Crippen molar-refractivity contribution in [1.29, 1.82) is 0 Å². The Morgan fingerprint density at radius 2 is 1.92 bits per heavy atom. The van der Waals surface area contributed by atoms with Gasteiger partial charge in [0.05, 0.1) is 34.8 Å². The Hall–Kier alpha value is -1.44. The van der Waals surface area contributed by atoms with Gasteiger partial charge in [-0.25, -0.2) is 4.79 Å². The van der Waals surface area contributed by atoms with Crippen molar-refractivity contribution in [2.75, 3.05) is 13.2 Å². The number of aliphatic hydroxyl groups is 2. The van der Waals surface area contributed by atoms with Gasteiger partial charge in [0.1, 0.15) is 5.60 Å². The molecular formula is C18H27NO5S. The summed E-state index contributed by atoms with van der Waals surface area (Å²) in [6, 6.07) is 6.62. The number of carbonyl (C=O) groups excluding carboxylic acids is 1. The Bertz CT molecular complexity index is 625. The highest BCUT2D eigenvalue weighted by Crippen LogP contribution is 2.26. The van der Waals surface area contributed by atoms with Gasteiger partial charge in [-0.2, -0.15) is 0 Å². The molecule has 1 heterocycles. The third-order valence-corrected chi connectivity index (χ3v) is 5.80. The predicted molar refractivity (Wildman–Crippen MR) is 95.8 cm³/mol. The lowest BCUT2D eigenvalue weighted by Crippen LogP contribution is -2.58. The topological polar surface area (TPSA) is 87.1 Å². The number of hydrogen-bond donors (Lipinski definition) is 2. The van der Waals surface area contributed by atoms with Crippen LogP contribution in [0.2, 0.25) is 0 Å². The van der Waals surface area contributed by atoms with E-state index < -0.39 is 39.9 Å². The molecule has 4 atom stereocenters. The third-order valence-electron chi connectivity index (χ3n) is 4.12. The number of amides is 1. The molecule has 1 aromatic rings. The van der Waals surface area contributed by atoms with Crippen LogP contribution in [0.5, 0.6) is 0 Å². The first-order valence-electron chi connectivity index (χ1n) is 8.38. The zero-order valence-corrected chi connectivity index (χ0v) is 16.0. The molecule has 0 saturated carbocycles. The molecule has 0 bridgehead atoms. The van der Waals surface area contributed by atoms with Gasteiger partial charge in [-0.3, -0.25) is 9.11 Å². The van der Waals surface area contributed by atoms with Crippen molar-refractivity contribution < 1.29 is 24.0 Å². The molecule has 0 aromatic heterocycles. The number of likely N-dealkylation sites (tertiary alicyclic amines) is 1. The summed E-state index contributed by atoms with van der Waals surface area (Å²) in [4.78, 5) is 14.4. The second kappa shape index (κ2) is 7.85. The quantitative estimate of drug-likeness (QED) is 0.849. The first-order valence-corrected chi connectivity index (χ1v) is 9.59. The largest absolute Gasteiger partial charge is 0.444 e. The van der Waals surface area contributed by atoms with Crippen LogP contribution in [0.3, 0.4) is 0 Å². The van der Waals surface area contributed by atoms with Gasteiger partial charge in [-0.05, 0) is 46.2 Å². The van der Waals surface area contributed by atoms with Crippen molar-refractivity contribution >= 4 is 16.9 Å². The summed E-state index contributed by atoms with van der Waals surface area (Å²) in [6.07, 6.45) is -1.31. The lowest BCUT2D eigenvalue weighted by molar-refractivity contribution is -0.0358. The van der Waals surface area contributed by atoms with Crippen LogP contribution in [0, 0.1) is 6.92 Å². The minimum atomic E-state index is -1.37.